The molecule has 0 radical (unpaired) electrons. The van der Waals surface area contributed by atoms with E-state index in [9.17, 15) is 24.9 Å². The molecule has 2 saturated carbocycles. The van der Waals surface area contributed by atoms with E-state index in [1.165, 1.54) is 6.42 Å². The Balaban J connectivity index is 1.16. The normalized spacial score (nSPS) is 39.7. The van der Waals surface area contributed by atoms with E-state index < -0.39 is 24.2 Å². The number of nitrogens with one attached hydrogen (secondary N) is 2. The molecule has 5 rings (SSSR count). The monoisotopic (exact) mass is 686 g/mol. The first kappa shape index (κ1) is 38.8. The maximum absolute atomic E-state index is 13.5. The molecule has 0 aromatic carbocycles. The zero-order chi connectivity index (χ0) is 34.9. The van der Waals surface area contributed by atoms with Gasteiger partial charge in [-0.1, -0.05) is 38.0 Å². The van der Waals surface area contributed by atoms with E-state index >= 15 is 0 Å². The minimum atomic E-state index is -0.787. The van der Waals surface area contributed by atoms with E-state index in [0.717, 1.165) is 70.9 Å². The molecular weight excluding hydrogens is 618 g/mol. The number of aliphatic hydroxyl groups is 3. The van der Waals surface area contributed by atoms with Crippen molar-refractivity contribution in [1.82, 2.24) is 10.6 Å². The Labute approximate surface area is 295 Å². The molecule has 2 saturated heterocycles. The van der Waals surface area contributed by atoms with Crippen LogP contribution in [0.4, 0.5) is 0 Å². The number of ketones is 2. The van der Waals surface area contributed by atoms with Gasteiger partial charge in [-0.2, -0.15) is 0 Å². The maximum atomic E-state index is 13.5. The molecule has 2 heterocycles. The second-order valence-corrected chi connectivity index (χ2v) is 16.6. The second kappa shape index (κ2) is 18.9. The summed E-state index contributed by atoms with van der Waals surface area (Å²) in [7, 11) is 1.65. The lowest BCUT2D eigenvalue weighted by Gasteiger charge is -2.41. The number of hydrogen-bond donors (Lipinski definition) is 6. The molecule has 14 unspecified atom stereocenters. The molecule has 0 aromatic rings. The summed E-state index contributed by atoms with van der Waals surface area (Å²) >= 11 is 0. The number of methoxy groups -OCH3 is 1. The highest BCUT2D eigenvalue weighted by Gasteiger charge is 2.41. The Bertz CT molecular complexity index is 1130. The molecule has 7 N–H and O–H groups in total. The number of nitrogens with two attached hydrogens (primary N) is 1. The summed E-state index contributed by atoms with van der Waals surface area (Å²) in [6.07, 6.45) is 12.6. The number of carbonyl (C=O) groups excluding carboxylic acids is 2. The van der Waals surface area contributed by atoms with E-state index in [0.29, 0.717) is 86.9 Å². The molecule has 4 fully saturated rings. The van der Waals surface area contributed by atoms with Gasteiger partial charge in [0, 0.05) is 38.3 Å². The van der Waals surface area contributed by atoms with E-state index in [2.05, 4.69) is 29.4 Å². The topological polar surface area (TPSA) is 154 Å². The maximum Gasteiger partial charge on any atom is 0.150 e. The molecule has 0 amide bonds. The highest BCUT2D eigenvalue weighted by Crippen LogP contribution is 2.42. The first-order valence-electron chi connectivity index (χ1n) is 20.0. The van der Waals surface area contributed by atoms with Crippen LogP contribution in [0.3, 0.4) is 0 Å². The standard InChI is InChI=1S/C40H67N3O6/c1-3-26-24-43-40(41)20-28(26)9-14-31(44)13-8-27-11-16-33(37(47)17-12-29-19-39(49-2)38(48)22-34(27)29)36(46)7-5-4-6-25-18-30-10-15-32(45)21-35(30)42-23-25/h25-31,33-36,38-40,42-44,46,48H,3-10,12-15,17-24,41H2,1-2H3. The van der Waals surface area contributed by atoms with Gasteiger partial charge in [0.05, 0.1) is 30.6 Å². The number of rotatable bonds is 14. The number of Topliss-reactive ketones (excluding diaryl/α,β-unsaturated/α-hetero) is 2. The van der Waals surface area contributed by atoms with Gasteiger partial charge in [0.15, 0.2) is 0 Å². The number of aliphatic hydroxyl groups excluding tert-OH is 3. The van der Waals surface area contributed by atoms with Gasteiger partial charge in [0.25, 0.3) is 0 Å². The molecule has 0 bridgehead atoms. The Morgan fingerprint density at radius 3 is 2.49 bits per heavy atom. The van der Waals surface area contributed by atoms with Crippen molar-refractivity contribution in [1.29, 1.82) is 0 Å². The van der Waals surface area contributed by atoms with Crippen molar-refractivity contribution in [3.05, 3.63) is 0 Å². The van der Waals surface area contributed by atoms with Crippen LogP contribution in [0.1, 0.15) is 122 Å². The summed E-state index contributed by atoms with van der Waals surface area (Å²) in [4.78, 5) is 25.4. The second-order valence-electron chi connectivity index (χ2n) is 16.6. The number of fused-ring (bicyclic) bond motifs is 2. The fourth-order valence-corrected chi connectivity index (χ4v) is 10.2. The van der Waals surface area contributed by atoms with Gasteiger partial charge in [-0.3, -0.25) is 9.59 Å². The fourth-order valence-electron chi connectivity index (χ4n) is 10.2. The molecule has 9 heteroatoms. The Hall–Kier alpha value is -1.38. The summed E-state index contributed by atoms with van der Waals surface area (Å²) in [6.45, 7) is 4.14. The lowest BCUT2D eigenvalue weighted by Crippen LogP contribution is -2.48. The van der Waals surface area contributed by atoms with Crippen LogP contribution in [0.25, 0.3) is 0 Å². The van der Waals surface area contributed by atoms with Crippen molar-refractivity contribution in [3.63, 3.8) is 0 Å². The molecule has 5 aliphatic rings. The SMILES string of the molecule is CCC1CNC(N)CC1CCC(O)CCC1C#CC(C(O)CCCCC2CNC3CC(=O)CCC3C2)C(=O)CCC2CC(OC)C(O)CC12. The van der Waals surface area contributed by atoms with Crippen LogP contribution in [0.15, 0.2) is 0 Å². The summed E-state index contributed by atoms with van der Waals surface area (Å²) in [5.74, 6) is 9.09. The number of carbonyl (C=O) groups is 2. The molecule has 14 atom stereocenters. The lowest BCUT2D eigenvalue weighted by atomic mass is 9.67. The molecule has 0 aromatic heterocycles. The van der Waals surface area contributed by atoms with E-state index in [-0.39, 0.29) is 35.8 Å². The van der Waals surface area contributed by atoms with Crippen molar-refractivity contribution in [2.75, 3.05) is 20.2 Å². The van der Waals surface area contributed by atoms with Gasteiger partial charge in [0.2, 0.25) is 0 Å². The van der Waals surface area contributed by atoms with Crippen LogP contribution in [0, 0.1) is 59.2 Å². The van der Waals surface area contributed by atoms with Crippen LogP contribution in [-0.2, 0) is 14.3 Å². The van der Waals surface area contributed by atoms with E-state index in [1.54, 1.807) is 7.11 Å². The highest BCUT2D eigenvalue weighted by molar-refractivity contribution is 5.84. The highest BCUT2D eigenvalue weighted by atomic mass is 16.5. The third-order valence-corrected chi connectivity index (χ3v) is 13.4. The predicted molar refractivity (Wildman–Crippen MR) is 191 cm³/mol. The number of hydrogen-bond acceptors (Lipinski definition) is 9. The largest absolute Gasteiger partial charge is 0.393 e. The van der Waals surface area contributed by atoms with Crippen molar-refractivity contribution >= 4 is 11.6 Å². The zero-order valence-corrected chi connectivity index (χ0v) is 30.4. The van der Waals surface area contributed by atoms with E-state index in [4.69, 9.17) is 10.5 Å². The third-order valence-electron chi connectivity index (χ3n) is 13.4. The Morgan fingerprint density at radius 2 is 1.69 bits per heavy atom. The van der Waals surface area contributed by atoms with Gasteiger partial charge in [-0.05, 0) is 126 Å². The minimum absolute atomic E-state index is 0.0274. The predicted octanol–water partition coefficient (Wildman–Crippen LogP) is 4.10. The van der Waals surface area contributed by atoms with Crippen molar-refractivity contribution < 1.29 is 29.6 Å². The zero-order valence-electron chi connectivity index (χ0n) is 30.4. The molecular formula is C40H67N3O6. The van der Waals surface area contributed by atoms with Crippen LogP contribution in [-0.4, -0.2) is 83.7 Å². The third kappa shape index (κ3) is 10.8. The minimum Gasteiger partial charge on any atom is -0.393 e. The Morgan fingerprint density at radius 1 is 0.898 bits per heavy atom. The average Bonchev–Trinajstić information content (AvgIpc) is 3.15. The average molecular weight is 686 g/mol. The number of piperidine rings is 2. The van der Waals surface area contributed by atoms with Crippen molar-refractivity contribution in [2.45, 2.75) is 159 Å². The van der Waals surface area contributed by atoms with E-state index in [1.807, 2.05) is 0 Å². The molecule has 2 aliphatic heterocycles. The lowest BCUT2D eigenvalue weighted by molar-refractivity contribution is -0.125. The van der Waals surface area contributed by atoms with Gasteiger partial charge >= 0.3 is 0 Å². The Kier molecular flexibility index (Phi) is 15.0. The molecule has 9 nitrogen and oxygen atoms in total. The molecule has 3 aliphatic carbocycles. The summed E-state index contributed by atoms with van der Waals surface area (Å²) < 4.78 is 5.64. The van der Waals surface area contributed by atoms with Crippen LogP contribution >= 0.6 is 0 Å². The first-order valence-corrected chi connectivity index (χ1v) is 20.0. The molecule has 0 spiro atoms. The fraction of sp³-hybridized carbons (Fsp3) is 0.900. The van der Waals surface area contributed by atoms with Gasteiger partial charge < -0.3 is 36.4 Å². The van der Waals surface area contributed by atoms with Gasteiger partial charge in [0.1, 0.15) is 17.5 Å². The summed E-state index contributed by atoms with van der Waals surface area (Å²) in [5.41, 5.74) is 6.20. The summed E-state index contributed by atoms with van der Waals surface area (Å²) in [5, 5.41) is 40.4. The summed E-state index contributed by atoms with van der Waals surface area (Å²) in [6, 6.07) is 0.360. The van der Waals surface area contributed by atoms with Crippen LogP contribution < -0.4 is 16.4 Å². The van der Waals surface area contributed by atoms with Gasteiger partial charge in [-0.15, -0.1) is 0 Å². The smallest absolute Gasteiger partial charge is 0.150 e. The quantitative estimate of drug-likeness (QED) is 0.117. The van der Waals surface area contributed by atoms with Crippen molar-refractivity contribution in [3.8, 4) is 11.8 Å². The van der Waals surface area contributed by atoms with Gasteiger partial charge in [-0.25, -0.2) is 0 Å². The molecule has 278 valence electrons. The first-order chi connectivity index (χ1) is 23.6. The van der Waals surface area contributed by atoms with Crippen LogP contribution in [0.5, 0.6) is 0 Å². The number of unbranched alkanes of at least 4 members (excludes halogenated alkanes) is 1. The number of ether oxygens (including phenoxy) is 1. The van der Waals surface area contributed by atoms with Crippen LogP contribution in [0.2, 0.25) is 0 Å². The van der Waals surface area contributed by atoms with Crippen molar-refractivity contribution in [2.24, 2.45) is 53.1 Å². The molecule has 49 heavy (non-hydrogen) atoms.